The molecule has 0 saturated carbocycles. The van der Waals surface area contributed by atoms with Crippen LogP contribution in [0.15, 0.2) is 0 Å². The molecule has 2 aliphatic rings. The number of piperazine rings is 1. The molecule has 0 aromatic carbocycles. The van der Waals surface area contributed by atoms with Crippen molar-refractivity contribution in [3.8, 4) is 0 Å². The number of imide groups is 1. The Bertz CT molecular complexity index is 387. The van der Waals surface area contributed by atoms with E-state index >= 15 is 0 Å². The summed E-state index contributed by atoms with van der Waals surface area (Å²) in [7, 11) is 0. The third-order valence-electron chi connectivity index (χ3n) is 3.14. The lowest BCUT2D eigenvalue weighted by Crippen LogP contribution is -2.67. The second-order valence-electron chi connectivity index (χ2n) is 4.80. The molecule has 0 aromatic rings. The van der Waals surface area contributed by atoms with Crippen LogP contribution in [0.4, 0.5) is 0 Å². The Morgan fingerprint density at radius 1 is 1.39 bits per heavy atom. The van der Waals surface area contributed by atoms with E-state index in [1.165, 1.54) is 4.90 Å². The normalized spacial score (nSPS) is 27.9. The van der Waals surface area contributed by atoms with Crippen molar-refractivity contribution in [2.75, 3.05) is 26.4 Å². The fraction of sp³-hybridized carbons (Fsp3) is 0.727. The van der Waals surface area contributed by atoms with Crippen LogP contribution >= 0.6 is 0 Å². The van der Waals surface area contributed by atoms with Gasteiger partial charge in [0.25, 0.3) is 11.8 Å². The average Bonchev–Trinajstić information content (AvgIpc) is 2.34. The van der Waals surface area contributed by atoms with Crippen molar-refractivity contribution in [1.82, 2.24) is 10.2 Å². The maximum absolute atomic E-state index is 12.2. The van der Waals surface area contributed by atoms with E-state index in [9.17, 15) is 14.4 Å². The molecule has 0 radical (unpaired) electrons. The molecule has 1 unspecified atom stereocenters. The summed E-state index contributed by atoms with van der Waals surface area (Å²) < 4.78 is 10.5. The molecule has 2 aliphatic heterocycles. The van der Waals surface area contributed by atoms with Crippen molar-refractivity contribution in [1.29, 1.82) is 0 Å². The van der Waals surface area contributed by atoms with Crippen LogP contribution in [0, 0.1) is 0 Å². The highest BCUT2D eigenvalue weighted by atomic mass is 16.6. The number of hydrogen-bond acceptors (Lipinski definition) is 5. The Labute approximate surface area is 104 Å². The van der Waals surface area contributed by atoms with Gasteiger partial charge in [0.1, 0.15) is 12.1 Å². The predicted octanol–water partition coefficient (Wildman–Crippen LogP) is -1.33. The summed E-state index contributed by atoms with van der Waals surface area (Å²) in [6.45, 7) is 3.99. The maximum Gasteiger partial charge on any atom is 0.255 e. The molecule has 0 spiro atoms. The molecule has 1 atom stereocenters. The van der Waals surface area contributed by atoms with Crippen LogP contribution in [0.2, 0.25) is 0 Å². The van der Waals surface area contributed by atoms with Gasteiger partial charge < -0.3 is 14.4 Å². The van der Waals surface area contributed by atoms with E-state index in [-0.39, 0.29) is 19.1 Å². The lowest BCUT2D eigenvalue weighted by atomic mass is 9.98. The molecule has 2 fully saturated rings. The summed E-state index contributed by atoms with van der Waals surface area (Å²) in [6, 6.07) is 0. The minimum atomic E-state index is -1.06. The largest absolute Gasteiger partial charge is 0.376 e. The first-order valence-electron chi connectivity index (χ1n) is 5.78. The monoisotopic (exact) mass is 256 g/mol. The van der Waals surface area contributed by atoms with Crippen molar-refractivity contribution < 1.29 is 23.9 Å². The topological polar surface area (TPSA) is 84.9 Å². The second-order valence-corrected chi connectivity index (χ2v) is 4.80. The van der Waals surface area contributed by atoms with E-state index in [0.29, 0.717) is 13.2 Å². The minimum Gasteiger partial charge on any atom is -0.376 e. The van der Waals surface area contributed by atoms with Crippen molar-refractivity contribution in [3.63, 3.8) is 0 Å². The van der Waals surface area contributed by atoms with Crippen LogP contribution in [-0.2, 0) is 23.9 Å². The number of rotatable bonds is 1. The van der Waals surface area contributed by atoms with E-state index in [0.717, 1.165) is 0 Å². The Morgan fingerprint density at radius 2 is 2.11 bits per heavy atom. The molecule has 2 saturated heterocycles. The minimum absolute atomic E-state index is 0.141. The molecule has 0 aliphatic carbocycles. The van der Waals surface area contributed by atoms with E-state index in [4.69, 9.17) is 9.47 Å². The van der Waals surface area contributed by atoms with Gasteiger partial charge in [0.15, 0.2) is 6.10 Å². The van der Waals surface area contributed by atoms with Gasteiger partial charge in [-0.1, -0.05) is 0 Å². The summed E-state index contributed by atoms with van der Waals surface area (Å²) in [5.41, 5.74) is -1.06. The van der Waals surface area contributed by atoms with Gasteiger partial charge in [-0.25, -0.2) is 0 Å². The summed E-state index contributed by atoms with van der Waals surface area (Å²) in [5.74, 6) is -1.35. The highest BCUT2D eigenvalue weighted by molar-refractivity contribution is 6.06. The van der Waals surface area contributed by atoms with Gasteiger partial charge in [0.2, 0.25) is 5.91 Å². The lowest BCUT2D eigenvalue weighted by Gasteiger charge is -2.41. The smallest absolute Gasteiger partial charge is 0.255 e. The Balaban J connectivity index is 2.16. The van der Waals surface area contributed by atoms with Crippen LogP contribution in [-0.4, -0.2) is 60.6 Å². The van der Waals surface area contributed by atoms with Gasteiger partial charge >= 0.3 is 0 Å². The Hall–Kier alpha value is -1.47. The second kappa shape index (κ2) is 4.66. The van der Waals surface area contributed by atoms with Crippen LogP contribution in [0.25, 0.3) is 0 Å². The molecular weight excluding hydrogens is 240 g/mol. The zero-order valence-electron chi connectivity index (χ0n) is 10.4. The Kier molecular flexibility index (Phi) is 3.36. The standard InChI is InChI=1S/C11H16N2O5/c1-11(2)10(16)12-8(14)5-13(11)9(15)7-6-17-3-4-18-7/h7H,3-6H2,1-2H3,(H,12,14,16). The SMILES string of the molecule is CC1(C)C(=O)NC(=O)CN1C(=O)C1COCCO1. The molecule has 7 heteroatoms. The van der Waals surface area contributed by atoms with Crippen LogP contribution in [0.3, 0.4) is 0 Å². The van der Waals surface area contributed by atoms with Crippen LogP contribution < -0.4 is 5.32 Å². The van der Waals surface area contributed by atoms with Crippen molar-refractivity contribution in [2.45, 2.75) is 25.5 Å². The van der Waals surface area contributed by atoms with Gasteiger partial charge in [-0.05, 0) is 13.8 Å². The summed E-state index contributed by atoms with van der Waals surface area (Å²) >= 11 is 0. The average molecular weight is 256 g/mol. The van der Waals surface area contributed by atoms with Crippen LogP contribution in [0.5, 0.6) is 0 Å². The van der Waals surface area contributed by atoms with Gasteiger partial charge in [0.05, 0.1) is 19.8 Å². The lowest BCUT2D eigenvalue weighted by molar-refractivity contribution is -0.170. The van der Waals surface area contributed by atoms with Crippen molar-refractivity contribution >= 4 is 17.7 Å². The number of carbonyl (C=O) groups excluding carboxylic acids is 3. The maximum atomic E-state index is 12.2. The number of nitrogens with one attached hydrogen (secondary N) is 1. The Morgan fingerprint density at radius 3 is 2.72 bits per heavy atom. The van der Waals surface area contributed by atoms with Crippen molar-refractivity contribution in [2.24, 2.45) is 0 Å². The van der Waals surface area contributed by atoms with E-state index in [1.807, 2.05) is 0 Å². The summed E-state index contributed by atoms with van der Waals surface area (Å²) in [4.78, 5) is 36.6. The molecule has 100 valence electrons. The fourth-order valence-electron chi connectivity index (χ4n) is 1.94. The van der Waals surface area contributed by atoms with E-state index < -0.39 is 23.5 Å². The molecular formula is C11H16N2O5. The van der Waals surface area contributed by atoms with E-state index in [1.54, 1.807) is 13.8 Å². The zero-order valence-corrected chi connectivity index (χ0v) is 10.4. The highest BCUT2D eigenvalue weighted by Gasteiger charge is 2.45. The van der Waals surface area contributed by atoms with Crippen LogP contribution in [0.1, 0.15) is 13.8 Å². The summed E-state index contributed by atoms with van der Waals surface area (Å²) in [5, 5.41) is 2.21. The molecule has 18 heavy (non-hydrogen) atoms. The fourth-order valence-corrected chi connectivity index (χ4v) is 1.94. The first-order valence-corrected chi connectivity index (χ1v) is 5.78. The van der Waals surface area contributed by atoms with Gasteiger partial charge in [-0.15, -0.1) is 0 Å². The number of amides is 3. The van der Waals surface area contributed by atoms with Gasteiger partial charge in [0, 0.05) is 0 Å². The molecule has 0 bridgehead atoms. The number of carbonyl (C=O) groups is 3. The molecule has 7 nitrogen and oxygen atoms in total. The third-order valence-corrected chi connectivity index (χ3v) is 3.14. The molecule has 3 amide bonds. The third kappa shape index (κ3) is 2.23. The number of hydrogen-bond donors (Lipinski definition) is 1. The van der Waals surface area contributed by atoms with Crippen molar-refractivity contribution in [3.05, 3.63) is 0 Å². The number of ether oxygens (including phenoxy) is 2. The van der Waals surface area contributed by atoms with Gasteiger partial charge in [-0.2, -0.15) is 0 Å². The first kappa shape index (κ1) is 13.0. The number of nitrogens with zero attached hydrogens (tertiary/aromatic N) is 1. The summed E-state index contributed by atoms with van der Waals surface area (Å²) in [6.07, 6.45) is -0.739. The zero-order chi connectivity index (χ0) is 13.3. The predicted molar refractivity (Wildman–Crippen MR) is 59.5 cm³/mol. The van der Waals surface area contributed by atoms with Gasteiger partial charge in [-0.3, -0.25) is 19.7 Å². The molecule has 1 N–H and O–H groups in total. The highest BCUT2D eigenvalue weighted by Crippen LogP contribution is 2.20. The molecule has 2 heterocycles. The molecule has 0 aromatic heterocycles. The molecule has 2 rings (SSSR count). The first-order chi connectivity index (χ1) is 8.43. The van der Waals surface area contributed by atoms with E-state index in [2.05, 4.69) is 5.32 Å². The quantitative estimate of drug-likeness (QED) is 0.587.